The minimum absolute atomic E-state index is 0.121. The second-order valence-corrected chi connectivity index (χ2v) is 10.3. The number of hydrogen-bond donors (Lipinski definition) is 0. The molecule has 164 valence electrons. The molecule has 6 nitrogen and oxygen atoms in total. The second kappa shape index (κ2) is 9.94. The summed E-state index contributed by atoms with van der Waals surface area (Å²) in [5.41, 5.74) is 1.31. The van der Waals surface area contributed by atoms with Gasteiger partial charge in [-0.3, -0.25) is 4.79 Å². The lowest BCUT2D eigenvalue weighted by Gasteiger charge is -2.27. The van der Waals surface area contributed by atoms with Gasteiger partial charge in [-0.2, -0.15) is 4.31 Å². The van der Waals surface area contributed by atoms with Crippen molar-refractivity contribution < 1.29 is 13.2 Å². The number of benzene rings is 1. The first-order chi connectivity index (χ1) is 14.4. The fourth-order valence-electron chi connectivity index (χ4n) is 3.88. The van der Waals surface area contributed by atoms with Crippen molar-refractivity contribution in [3.05, 3.63) is 46.2 Å². The van der Waals surface area contributed by atoms with Gasteiger partial charge in [0.2, 0.25) is 10.0 Å². The van der Waals surface area contributed by atoms with Crippen LogP contribution in [0.25, 0.3) is 0 Å². The molecule has 0 bridgehead atoms. The molecule has 8 heteroatoms. The lowest BCUT2D eigenvalue weighted by Crippen LogP contribution is -2.33. The number of nitrogens with zero attached hydrogens (tertiary/aromatic N) is 3. The standard InChI is InChI=1S/C22H31N3O3S2/c1-4-23(17-18-10-9-15-29-18)22(26)20-16-19(30(27,28)25(5-2)6-3)11-12-21(20)24-13-7-8-14-24/h9-12,15-16H,4-8,13-14,17H2,1-3H3. The highest BCUT2D eigenvalue weighted by Crippen LogP contribution is 2.30. The Balaban J connectivity index is 2.03. The van der Waals surface area contributed by atoms with Gasteiger partial charge in [0.05, 0.1) is 17.0 Å². The van der Waals surface area contributed by atoms with Crippen molar-refractivity contribution in [1.82, 2.24) is 9.21 Å². The summed E-state index contributed by atoms with van der Waals surface area (Å²) in [6, 6.07) is 9.04. The van der Waals surface area contributed by atoms with Gasteiger partial charge in [-0.15, -0.1) is 11.3 Å². The molecule has 0 atom stereocenters. The highest BCUT2D eigenvalue weighted by molar-refractivity contribution is 7.89. The topological polar surface area (TPSA) is 60.9 Å². The molecule has 1 aliphatic heterocycles. The Morgan fingerprint density at radius 1 is 1.07 bits per heavy atom. The minimum atomic E-state index is -3.63. The lowest BCUT2D eigenvalue weighted by molar-refractivity contribution is 0.0754. The first kappa shape index (κ1) is 22.8. The smallest absolute Gasteiger partial charge is 0.256 e. The van der Waals surface area contributed by atoms with E-state index >= 15 is 0 Å². The molecule has 2 aromatic rings. The van der Waals surface area contributed by atoms with Crippen LogP contribution >= 0.6 is 11.3 Å². The average molecular weight is 450 g/mol. The summed E-state index contributed by atoms with van der Waals surface area (Å²) in [4.78, 5) is 18.8. The normalized spacial score (nSPS) is 14.5. The highest BCUT2D eigenvalue weighted by atomic mass is 32.2. The summed E-state index contributed by atoms with van der Waals surface area (Å²) in [6.07, 6.45) is 2.17. The van der Waals surface area contributed by atoms with Crippen LogP contribution in [-0.2, 0) is 16.6 Å². The Morgan fingerprint density at radius 3 is 2.33 bits per heavy atom. The van der Waals surface area contributed by atoms with Gasteiger partial charge in [0, 0.05) is 43.3 Å². The fraction of sp³-hybridized carbons (Fsp3) is 0.500. The summed E-state index contributed by atoms with van der Waals surface area (Å²) in [5, 5.41) is 2.00. The highest BCUT2D eigenvalue weighted by Gasteiger charge is 2.28. The van der Waals surface area contributed by atoms with Crippen LogP contribution in [0, 0.1) is 0 Å². The Bertz CT molecular complexity index is 948. The maximum Gasteiger partial charge on any atom is 0.256 e. The molecule has 1 aliphatic rings. The molecule has 1 saturated heterocycles. The number of carbonyl (C=O) groups is 1. The van der Waals surface area contributed by atoms with E-state index in [0.29, 0.717) is 31.7 Å². The van der Waals surface area contributed by atoms with Crippen LogP contribution in [0.2, 0.25) is 0 Å². The largest absolute Gasteiger partial charge is 0.371 e. The third-order valence-electron chi connectivity index (χ3n) is 5.58. The van der Waals surface area contributed by atoms with Crippen molar-refractivity contribution in [3.8, 4) is 0 Å². The van der Waals surface area contributed by atoms with Crippen LogP contribution < -0.4 is 4.90 Å². The number of carbonyl (C=O) groups excluding carboxylic acids is 1. The van der Waals surface area contributed by atoms with Gasteiger partial charge in [-0.1, -0.05) is 19.9 Å². The molecular formula is C22H31N3O3S2. The zero-order valence-electron chi connectivity index (χ0n) is 18.0. The van der Waals surface area contributed by atoms with Crippen molar-refractivity contribution in [3.63, 3.8) is 0 Å². The van der Waals surface area contributed by atoms with Crippen LogP contribution in [0.1, 0.15) is 48.8 Å². The Kier molecular flexibility index (Phi) is 7.55. The lowest BCUT2D eigenvalue weighted by atomic mass is 10.1. The van der Waals surface area contributed by atoms with Crippen LogP contribution in [0.15, 0.2) is 40.6 Å². The zero-order chi connectivity index (χ0) is 21.7. The molecule has 2 heterocycles. The fourth-order valence-corrected chi connectivity index (χ4v) is 6.09. The Hall–Kier alpha value is -1.90. The predicted octanol–water partition coefficient (Wildman–Crippen LogP) is 4.04. The quantitative estimate of drug-likeness (QED) is 0.580. The van der Waals surface area contributed by atoms with Gasteiger partial charge in [0.15, 0.2) is 0 Å². The zero-order valence-corrected chi connectivity index (χ0v) is 19.6. The second-order valence-electron chi connectivity index (χ2n) is 7.36. The summed E-state index contributed by atoms with van der Waals surface area (Å²) >= 11 is 1.62. The van der Waals surface area contributed by atoms with E-state index in [-0.39, 0.29) is 10.8 Å². The number of thiophene rings is 1. The van der Waals surface area contributed by atoms with Gasteiger partial charge in [0.25, 0.3) is 5.91 Å². The van der Waals surface area contributed by atoms with E-state index in [4.69, 9.17) is 0 Å². The monoisotopic (exact) mass is 449 g/mol. The third kappa shape index (κ3) is 4.71. The summed E-state index contributed by atoms with van der Waals surface area (Å²) < 4.78 is 27.6. The van der Waals surface area contributed by atoms with Crippen molar-refractivity contribution in [2.45, 2.75) is 45.1 Å². The van der Waals surface area contributed by atoms with Gasteiger partial charge in [-0.05, 0) is 49.4 Å². The number of amides is 1. The van der Waals surface area contributed by atoms with Crippen molar-refractivity contribution >= 4 is 33.0 Å². The van der Waals surface area contributed by atoms with Crippen LogP contribution in [0.5, 0.6) is 0 Å². The first-order valence-corrected chi connectivity index (χ1v) is 12.9. The van der Waals surface area contributed by atoms with Crippen molar-refractivity contribution in [2.24, 2.45) is 0 Å². The summed E-state index contributed by atoms with van der Waals surface area (Å²) in [5.74, 6) is -0.121. The SMILES string of the molecule is CCN(Cc1cccs1)C(=O)c1cc(S(=O)(=O)N(CC)CC)ccc1N1CCCC1. The number of sulfonamides is 1. The molecule has 0 unspecified atom stereocenters. The molecule has 0 aliphatic carbocycles. The van der Waals surface area contributed by atoms with Crippen molar-refractivity contribution in [1.29, 1.82) is 0 Å². The van der Waals surface area contributed by atoms with Gasteiger partial charge in [-0.25, -0.2) is 8.42 Å². The molecule has 1 aromatic carbocycles. The van der Waals surface area contributed by atoms with E-state index in [2.05, 4.69) is 4.90 Å². The molecule has 0 spiro atoms. The number of rotatable bonds is 9. The number of anilines is 1. The van der Waals surface area contributed by atoms with E-state index in [1.54, 1.807) is 28.4 Å². The molecule has 3 rings (SSSR count). The average Bonchev–Trinajstić information content (AvgIpc) is 3.46. The van der Waals surface area contributed by atoms with Gasteiger partial charge >= 0.3 is 0 Å². The van der Waals surface area contributed by atoms with Crippen LogP contribution in [-0.4, -0.2) is 56.3 Å². The predicted molar refractivity (Wildman–Crippen MR) is 123 cm³/mol. The maximum atomic E-state index is 13.6. The Labute approximate surface area is 184 Å². The molecular weight excluding hydrogens is 418 g/mol. The molecule has 1 amide bonds. The molecule has 0 radical (unpaired) electrons. The van der Waals surface area contributed by atoms with Crippen LogP contribution in [0.3, 0.4) is 0 Å². The minimum Gasteiger partial charge on any atom is -0.371 e. The van der Waals surface area contributed by atoms with E-state index in [9.17, 15) is 13.2 Å². The van der Waals surface area contributed by atoms with Crippen LogP contribution in [0.4, 0.5) is 5.69 Å². The van der Waals surface area contributed by atoms with E-state index in [1.807, 2.05) is 44.4 Å². The maximum absolute atomic E-state index is 13.6. The van der Waals surface area contributed by atoms with Crippen molar-refractivity contribution in [2.75, 3.05) is 37.6 Å². The molecule has 1 fully saturated rings. The summed E-state index contributed by atoms with van der Waals surface area (Å²) in [6.45, 7) is 9.27. The first-order valence-electron chi connectivity index (χ1n) is 10.6. The molecule has 0 N–H and O–H groups in total. The summed E-state index contributed by atoms with van der Waals surface area (Å²) in [7, 11) is -3.63. The van der Waals surface area contributed by atoms with E-state index in [0.717, 1.165) is 36.5 Å². The molecule has 0 saturated carbocycles. The Morgan fingerprint density at radius 2 is 1.77 bits per heavy atom. The van der Waals surface area contributed by atoms with Gasteiger partial charge in [0.1, 0.15) is 0 Å². The van der Waals surface area contributed by atoms with E-state index in [1.165, 1.54) is 4.31 Å². The third-order valence-corrected chi connectivity index (χ3v) is 8.49. The molecule has 30 heavy (non-hydrogen) atoms. The number of hydrogen-bond acceptors (Lipinski definition) is 5. The molecule has 1 aromatic heterocycles. The van der Waals surface area contributed by atoms with E-state index < -0.39 is 10.0 Å². The van der Waals surface area contributed by atoms with Gasteiger partial charge < -0.3 is 9.80 Å².